The van der Waals surface area contributed by atoms with Crippen molar-refractivity contribution in [1.29, 1.82) is 0 Å². The third-order valence-electron chi connectivity index (χ3n) is 2.97. The van der Waals surface area contributed by atoms with Crippen LogP contribution in [0.2, 0.25) is 0 Å². The molecular weight excluding hydrogens is 270 g/mol. The number of amidine groups is 1. The first-order valence-corrected chi connectivity index (χ1v) is 6.39. The van der Waals surface area contributed by atoms with E-state index in [9.17, 15) is 4.79 Å². The van der Waals surface area contributed by atoms with Crippen LogP contribution in [0.4, 0.5) is 0 Å². The first-order valence-electron chi connectivity index (χ1n) is 6.39. The number of carbonyl (C=O) groups excluding carboxylic acids is 1. The van der Waals surface area contributed by atoms with E-state index in [0.29, 0.717) is 12.1 Å². The number of nitrogens with two attached hydrogens (primary N) is 1. The molecule has 21 heavy (non-hydrogen) atoms. The van der Waals surface area contributed by atoms with Crippen LogP contribution in [0.5, 0.6) is 0 Å². The van der Waals surface area contributed by atoms with Gasteiger partial charge in [0.1, 0.15) is 0 Å². The SMILES string of the molecule is Cn1cc(CNC(=O)Cc2ccc(C(N)=NO)cc2)cn1. The summed E-state index contributed by atoms with van der Waals surface area (Å²) in [5.74, 6) is -0.0296. The number of nitrogens with one attached hydrogen (secondary N) is 1. The Morgan fingerprint density at radius 1 is 1.38 bits per heavy atom. The Hall–Kier alpha value is -2.83. The lowest BCUT2D eigenvalue weighted by molar-refractivity contribution is -0.120. The number of nitrogens with zero attached hydrogens (tertiary/aromatic N) is 3. The van der Waals surface area contributed by atoms with E-state index in [4.69, 9.17) is 10.9 Å². The summed E-state index contributed by atoms with van der Waals surface area (Å²) in [5.41, 5.74) is 7.89. The van der Waals surface area contributed by atoms with Crippen molar-refractivity contribution >= 4 is 11.7 Å². The Labute approximate surface area is 122 Å². The minimum absolute atomic E-state index is 0.0441. The highest BCUT2D eigenvalue weighted by Gasteiger charge is 2.05. The molecule has 1 amide bonds. The number of hydrogen-bond acceptors (Lipinski definition) is 4. The monoisotopic (exact) mass is 287 g/mol. The van der Waals surface area contributed by atoms with E-state index in [-0.39, 0.29) is 18.2 Å². The summed E-state index contributed by atoms with van der Waals surface area (Å²) in [4.78, 5) is 11.8. The third kappa shape index (κ3) is 4.07. The van der Waals surface area contributed by atoms with Gasteiger partial charge in [0, 0.05) is 30.9 Å². The molecule has 0 spiro atoms. The summed E-state index contributed by atoms with van der Waals surface area (Å²) < 4.78 is 1.69. The smallest absolute Gasteiger partial charge is 0.224 e. The fourth-order valence-corrected chi connectivity index (χ4v) is 1.86. The molecule has 0 aliphatic carbocycles. The van der Waals surface area contributed by atoms with Gasteiger partial charge in [0.15, 0.2) is 5.84 Å². The van der Waals surface area contributed by atoms with Gasteiger partial charge in [-0.3, -0.25) is 9.48 Å². The first-order chi connectivity index (χ1) is 10.1. The molecule has 1 heterocycles. The van der Waals surface area contributed by atoms with Gasteiger partial charge in [-0.25, -0.2) is 0 Å². The van der Waals surface area contributed by atoms with E-state index in [1.54, 1.807) is 35.1 Å². The molecule has 1 aromatic heterocycles. The van der Waals surface area contributed by atoms with Gasteiger partial charge >= 0.3 is 0 Å². The molecule has 0 saturated heterocycles. The molecule has 2 aromatic rings. The van der Waals surface area contributed by atoms with Crippen molar-refractivity contribution in [3.63, 3.8) is 0 Å². The maximum Gasteiger partial charge on any atom is 0.224 e. The van der Waals surface area contributed by atoms with Gasteiger partial charge in [0.25, 0.3) is 0 Å². The van der Waals surface area contributed by atoms with Gasteiger partial charge in [0.05, 0.1) is 12.6 Å². The maximum atomic E-state index is 11.8. The molecule has 4 N–H and O–H groups in total. The van der Waals surface area contributed by atoms with Crippen LogP contribution in [0.3, 0.4) is 0 Å². The summed E-state index contributed by atoms with van der Waals surface area (Å²) in [6.07, 6.45) is 3.84. The highest BCUT2D eigenvalue weighted by Crippen LogP contribution is 2.05. The second kappa shape index (κ2) is 6.56. The number of oxime groups is 1. The second-order valence-corrected chi connectivity index (χ2v) is 4.66. The lowest BCUT2D eigenvalue weighted by Gasteiger charge is -2.05. The largest absolute Gasteiger partial charge is 0.409 e. The quantitative estimate of drug-likeness (QED) is 0.320. The van der Waals surface area contributed by atoms with Crippen molar-refractivity contribution in [2.45, 2.75) is 13.0 Å². The normalized spacial score (nSPS) is 11.4. The van der Waals surface area contributed by atoms with Crippen LogP contribution < -0.4 is 11.1 Å². The zero-order valence-electron chi connectivity index (χ0n) is 11.7. The summed E-state index contributed by atoms with van der Waals surface area (Å²) in [5, 5.41) is 18.4. The average molecular weight is 287 g/mol. The second-order valence-electron chi connectivity index (χ2n) is 4.66. The van der Waals surface area contributed by atoms with Crippen LogP contribution in [-0.4, -0.2) is 26.7 Å². The number of benzene rings is 1. The van der Waals surface area contributed by atoms with Crippen molar-refractivity contribution < 1.29 is 10.0 Å². The molecule has 0 atom stereocenters. The molecule has 0 radical (unpaired) electrons. The van der Waals surface area contributed by atoms with E-state index in [1.165, 1.54) is 0 Å². The van der Waals surface area contributed by atoms with Gasteiger partial charge in [-0.05, 0) is 5.56 Å². The molecule has 2 rings (SSSR count). The standard InChI is InChI=1S/C14H17N5O2/c1-19-9-11(8-17-19)7-16-13(20)6-10-2-4-12(5-3-10)14(15)18-21/h2-5,8-9,21H,6-7H2,1H3,(H2,15,18)(H,16,20). The summed E-state index contributed by atoms with van der Waals surface area (Å²) in [6, 6.07) is 6.96. The Balaban J connectivity index is 1.87. The molecule has 0 fully saturated rings. The fourth-order valence-electron chi connectivity index (χ4n) is 1.86. The minimum Gasteiger partial charge on any atom is -0.409 e. The highest BCUT2D eigenvalue weighted by molar-refractivity contribution is 5.97. The number of hydrogen-bond donors (Lipinski definition) is 3. The Morgan fingerprint density at radius 2 is 2.10 bits per heavy atom. The summed E-state index contributed by atoms with van der Waals surface area (Å²) in [7, 11) is 1.83. The zero-order chi connectivity index (χ0) is 15.2. The minimum atomic E-state index is -0.0737. The van der Waals surface area contributed by atoms with Crippen molar-refractivity contribution in [3.05, 3.63) is 53.3 Å². The Bertz CT molecular complexity index is 646. The molecule has 0 unspecified atom stereocenters. The molecule has 7 nitrogen and oxygen atoms in total. The van der Waals surface area contributed by atoms with Crippen molar-refractivity contribution in [2.24, 2.45) is 17.9 Å². The van der Waals surface area contributed by atoms with Gasteiger partial charge in [-0.15, -0.1) is 0 Å². The summed E-state index contributed by atoms with van der Waals surface area (Å²) >= 11 is 0. The van der Waals surface area contributed by atoms with Gasteiger partial charge in [-0.1, -0.05) is 29.4 Å². The van der Waals surface area contributed by atoms with Crippen molar-refractivity contribution in [2.75, 3.05) is 0 Å². The van der Waals surface area contributed by atoms with E-state index in [1.807, 2.05) is 13.2 Å². The highest BCUT2D eigenvalue weighted by atomic mass is 16.4. The van der Waals surface area contributed by atoms with Crippen molar-refractivity contribution in [1.82, 2.24) is 15.1 Å². The van der Waals surface area contributed by atoms with E-state index in [2.05, 4.69) is 15.6 Å². The molecule has 0 aliphatic heterocycles. The lowest BCUT2D eigenvalue weighted by Crippen LogP contribution is -2.24. The van der Waals surface area contributed by atoms with E-state index >= 15 is 0 Å². The lowest BCUT2D eigenvalue weighted by atomic mass is 10.1. The Kier molecular flexibility index (Phi) is 4.55. The fraction of sp³-hybridized carbons (Fsp3) is 0.214. The average Bonchev–Trinajstić information content (AvgIpc) is 2.91. The predicted molar refractivity (Wildman–Crippen MR) is 77.7 cm³/mol. The first kappa shape index (κ1) is 14.6. The van der Waals surface area contributed by atoms with Crippen LogP contribution in [-0.2, 0) is 24.8 Å². The third-order valence-corrected chi connectivity index (χ3v) is 2.97. The summed E-state index contributed by atoms with van der Waals surface area (Å²) in [6.45, 7) is 0.453. The Morgan fingerprint density at radius 3 is 2.67 bits per heavy atom. The van der Waals surface area contributed by atoms with Crippen LogP contribution in [0, 0.1) is 0 Å². The van der Waals surface area contributed by atoms with Gasteiger partial charge in [0.2, 0.25) is 5.91 Å². The van der Waals surface area contributed by atoms with E-state index < -0.39 is 0 Å². The number of carbonyl (C=O) groups is 1. The molecule has 0 aliphatic rings. The molecule has 0 saturated carbocycles. The van der Waals surface area contributed by atoms with Crippen LogP contribution in [0.15, 0.2) is 41.8 Å². The molecule has 1 aromatic carbocycles. The van der Waals surface area contributed by atoms with Crippen LogP contribution >= 0.6 is 0 Å². The predicted octanol–water partition coefficient (Wildman–Crippen LogP) is 0.373. The topological polar surface area (TPSA) is 106 Å². The molecule has 0 bridgehead atoms. The van der Waals surface area contributed by atoms with Gasteiger partial charge < -0.3 is 16.3 Å². The number of rotatable bonds is 5. The molecule has 110 valence electrons. The number of aromatic nitrogens is 2. The van der Waals surface area contributed by atoms with Crippen molar-refractivity contribution in [3.8, 4) is 0 Å². The molecule has 7 heteroatoms. The zero-order valence-corrected chi connectivity index (χ0v) is 11.7. The number of aryl methyl sites for hydroxylation is 1. The van der Waals surface area contributed by atoms with Crippen LogP contribution in [0.1, 0.15) is 16.7 Å². The maximum absolute atomic E-state index is 11.8. The van der Waals surface area contributed by atoms with E-state index in [0.717, 1.165) is 11.1 Å². The molecular formula is C14H17N5O2. The van der Waals surface area contributed by atoms with Crippen LogP contribution in [0.25, 0.3) is 0 Å². The number of amides is 1. The van der Waals surface area contributed by atoms with Gasteiger partial charge in [-0.2, -0.15) is 5.10 Å².